The Bertz CT molecular complexity index is 320. The maximum Gasteiger partial charge on any atom is 0.250 e. The highest BCUT2D eigenvalue weighted by atomic mass is 15.3. The highest BCUT2D eigenvalue weighted by Crippen LogP contribution is 2.02. The molecule has 0 radical (unpaired) electrons. The highest BCUT2D eigenvalue weighted by molar-refractivity contribution is 5.29. The summed E-state index contributed by atoms with van der Waals surface area (Å²) in [4.78, 5) is 8.44. The summed E-state index contributed by atoms with van der Waals surface area (Å²) in [6.07, 6.45) is 2.75. The van der Waals surface area contributed by atoms with E-state index in [0.717, 1.165) is 17.9 Å². The molecule has 0 saturated carbocycles. The van der Waals surface area contributed by atoms with E-state index in [0.29, 0.717) is 12.3 Å². The Morgan fingerprint density at radius 2 is 2.42 bits per heavy atom. The van der Waals surface area contributed by atoms with Crippen molar-refractivity contribution in [1.29, 1.82) is 0 Å². The van der Waals surface area contributed by atoms with Crippen LogP contribution in [0, 0.1) is 0 Å². The third-order valence-electron chi connectivity index (χ3n) is 1.77. The van der Waals surface area contributed by atoms with Gasteiger partial charge in [0.2, 0.25) is 0 Å². The van der Waals surface area contributed by atoms with Gasteiger partial charge in [-0.05, 0) is 0 Å². The van der Waals surface area contributed by atoms with Gasteiger partial charge in [-0.15, -0.1) is 0 Å². The number of hydrogen-bond donors (Lipinski definition) is 2. The van der Waals surface area contributed by atoms with Gasteiger partial charge in [-0.25, -0.2) is 9.50 Å². The molecule has 2 aromatic rings. The number of fused-ring (bicyclic) bond motifs is 1. The van der Waals surface area contributed by atoms with Crippen LogP contribution in [-0.2, 0) is 13.0 Å². The predicted octanol–water partition coefficient (Wildman–Crippen LogP) is 0.0785. The van der Waals surface area contributed by atoms with Crippen LogP contribution in [-0.4, -0.2) is 19.6 Å². The van der Waals surface area contributed by atoms with Gasteiger partial charge in [-0.3, -0.25) is 5.10 Å². The van der Waals surface area contributed by atoms with Crippen molar-refractivity contribution >= 4 is 5.78 Å². The number of nitrogens with one attached hydrogen (secondary N) is 1. The smallest absolute Gasteiger partial charge is 0.250 e. The summed E-state index contributed by atoms with van der Waals surface area (Å²) in [5, 5.41) is 3.09. The Morgan fingerprint density at radius 3 is 3.00 bits per heavy atom. The van der Waals surface area contributed by atoms with E-state index in [1.807, 2.05) is 13.1 Å². The molecule has 5 nitrogen and oxygen atoms in total. The maximum atomic E-state index is 5.43. The number of H-pyrrole nitrogens is 1. The zero-order valence-corrected chi connectivity index (χ0v) is 6.91. The van der Waals surface area contributed by atoms with Crippen molar-refractivity contribution in [3.63, 3.8) is 0 Å². The second-order valence-electron chi connectivity index (χ2n) is 2.63. The minimum atomic E-state index is 0.457. The standard InChI is InChI=1S/C7H11N5/c1-2-6-10-7-9-5(3-8)4-12(7)11-6/h4H,2-3,8H2,1H3,(H,9,10,11). The van der Waals surface area contributed by atoms with E-state index in [1.165, 1.54) is 0 Å². The molecule has 5 heteroatoms. The molecule has 3 N–H and O–H groups in total. The van der Waals surface area contributed by atoms with E-state index in [9.17, 15) is 0 Å². The van der Waals surface area contributed by atoms with Crippen LogP contribution >= 0.6 is 0 Å². The maximum absolute atomic E-state index is 5.43. The quantitative estimate of drug-likeness (QED) is 0.661. The Labute approximate surface area is 69.6 Å². The lowest BCUT2D eigenvalue weighted by Gasteiger charge is -1.85. The molecule has 2 heterocycles. The molecule has 0 amide bonds. The van der Waals surface area contributed by atoms with Gasteiger partial charge < -0.3 is 5.73 Å². The molecular formula is C7H11N5. The zero-order valence-electron chi connectivity index (χ0n) is 6.91. The van der Waals surface area contributed by atoms with Gasteiger partial charge in [0, 0.05) is 13.0 Å². The van der Waals surface area contributed by atoms with Crippen LogP contribution in [0.3, 0.4) is 0 Å². The van der Waals surface area contributed by atoms with E-state index in [1.54, 1.807) is 4.52 Å². The van der Waals surface area contributed by atoms with Gasteiger partial charge in [-0.1, -0.05) is 6.92 Å². The fraction of sp³-hybridized carbons (Fsp3) is 0.429. The Kier molecular flexibility index (Phi) is 1.58. The van der Waals surface area contributed by atoms with Crippen molar-refractivity contribution in [2.45, 2.75) is 19.9 Å². The van der Waals surface area contributed by atoms with Gasteiger partial charge in [-0.2, -0.15) is 4.98 Å². The Morgan fingerprint density at radius 1 is 1.58 bits per heavy atom. The molecule has 0 aromatic carbocycles. The molecule has 0 aliphatic heterocycles. The molecule has 0 spiro atoms. The topological polar surface area (TPSA) is 72.0 Å². The van der Waals surface area contributed by atoms with Crippen LogP contribution in [0.4, 0.5) is 0 Å². The molecule has 12 heavy (non-hydrogen) atoms. The molecule has 0 aliphatic rings. The van der Waals surface area contributed by atoms with Gasteiger partial charge in [0.05, 0.1) is 11.9 Å². The summed E-state index contributed by atoms with van der Waals surface area (Å²) in [5.74, 6) is 1.65. The van der Waals surface area contributed by atoms with E-state index >= 15 is 0 Å². The summed E-state index contributed by atoms with van der Waals surface area (Å²) in [7, 11) is 0. The number of imidazole rings is 1. The minimum absolute atomic E-state index is 0.457. The van der Waals surface area contributed by atoms with Gasteiger partial charge >= 0.3 is 0 Å². The lowest BCUT2D eigenvalue weighted by Crippen LogP contribution is -1.96. The summed E-state index contributed by atoms with van der Waals surface area (Å²) >= 11 is 0. The second-order valence-corrected chi connectivity index (χ2v) is 2.63. The number of nitrogens with two attached hydrogens (primary N) is 1. The van der Waals surface area contributed by atoms with E-state index in [2.05, 4.69) is 15.1 Å². The molecule has 0 bridgehead atoms. The SMILES string of the molecule is CCc1nc2nc(CN)cn2[nH]1. The third kappa shape index (κ3) is 0.984. The average Bonchev–Trinajstić information content (AvgIpc) is 2.59. The summed E-state index contributed by atoms with van der Waals surface area (Å²) in [6.45, 7) is 2.50. The summed E-state index contributed by atoms with van der Waals surface area (Å²) in [5.41, 5.74) is 6.28. The van der Waals surface area contributed by atoms with E-state index in [4.69, 9.17) is 5.73 Å². The van der Waals surface area contributed by atoms with Crippen LogP contribution in [0.2, 0.25) is 0 Å². The summed E-state index contributed by atoms with van der Waals surface area (Å²) in [6, 6.07) is 0. The number of hydrogen-bond acceptors (Lipinski definition) is 3. The van der Waals surface area contributed by atoms with Crippen molar-refractivity contribution in [3.8, 4) is 0 Å². The van der Waals surface area contributed by atoms with Crippen molar-refractivity contribution in [1.82, 2.24) is 19.6 Å². The van der Waals surface area contributed by atoms with Crippen LogP contribution in [0.5, 0.6) is 0 Å². The molecule has 0 unspecified atom stereocenters. The fourth-order valence-corrected chi connectivity index (χ4v) is 1.12. The number of aromatic nitrogens is 4. The first-order valence-electron chi connectivity index (χ1n) is 3.96. The zero-order chi connectivity index (χ0) is 8.55. The van der Waals surface area contributed by atoms with E-state index < -0.39 is 0 Å². The Balaban J connectivity index is 2.52. The van der Waals surface area contributed by atoms with Crippen LogP contribution < -0.4 is 5.73 Å². The molecule has 0 aliphatic carbocycles. The van der Waals surface area contributed by atoms with Crippen molar-refractivity contribution < 1.29 is 0 Å². The Hall–Kier alpha value is -1.36. The van der Waals surface area contributed by atoms with Crippen LogP contribution in [0.25, 0.3) is 5.78 Å². The molecule has 64 valence electrons. The monoisotopic (exact) mass is 165 g/mol. The van der Waals surface area contributed by atoms with Gasteiger partial charge in [0.15, 0.2) is 0 Å². The normalized spacial score (nSPS) is 11.2. The van der Waals surface area contributed by atoms with Crippen molar-refractivity contribution in [2.75, 3.05) is 0 Å². The molecule has 0 atom stereocenters. The molecule has 0 saturated heterocycles. The number of nitrogens with zero attached hydrogens (tertiary/aromatic N) is 3. The summed E-state index contributed by atoms with van der Waals surface area (Å²) < 4.78 is 1.79. The largest absolute Gasteiger partial charge is 0.325 e. The molecule has 2 rings (SSSR count). The predicted molar refractivity (Wildman–Crippen MR) is 44.6 cm³/mol. The lowest BCUT2D eigenvalue weighted by molar-refractivity contribution is 0.882. The van der Waals surface area contributed by atoms with Gasteiger partial charge in [0.1, 0.15) is 5.82 Å². The molecule has 2 aromatic heterocycles. The van der Waals surface area contributed by atoms with E-state index in [-0.39, 0.29) is 0 Å². The second kappa shape index (κ2) is 2.60. The molecular weight excluding hydrogens is 154 g/mol. The molecule has 0 fully saturated rings. The number of aryl methyl sites for hydroxylation is 1. The van der Waals surface area contributed by atoms with Crippen molar-refractivity contribution in [3.05, 3.63) is 17.7 Å². The van der Waals surface area contributed by atoms with Crippen LogP contribution in [0.15, 0.2) is 6.20 Å². The number of aromatic amines is 1. The number of rotatable bonds is 2. The fourth-order valence-electron chi connectivity index (χ4n) is 1.12. The lowest BCUT2D eigenvalue weighted by atomic mass is 10.5. The highest BCUT2D eigenvalue weighted by Gasteiger charge is 2.03. The van der Waals surface area contributed by atoms with Gasteiger partial charge in [0.25, 0.3) is 5.78 Å². The van der Waals surface area contributed by atoms with Crippen molar-refractivity contribution in [2.24, 2.45) is 5.73 Å². The first-order valence-corrected chi connectivity index (χ1v) is 3.96. The first-order chi connectivity index (χ1) is 5.83. The first kappa shape index (κ1) is 7.30. The minimum Gasteiger partial charge on any atom is -0.325 e. The van der Waals surface area contributed by atoms with Crippen LogP contribution in [0.1, 0.15) is 18.4 Å². The average molecular weight is 165 g/mol. The third-order valence-corrected chi connectivity index (χ3v) is 1.77.